The van der Waals surface area contributed by atoms with Crippen LogP contribution in [-0.2, 0) is 11.2 Å². The van der Waals surface area contributed by atoms with Gasteiger partial charge in [0, 0.05) is 25.4 Å². The lowest BCUT2D eigenvalue weighted by Crippen LogP contribution is -2.25. The molecule has 1 heterocycles. The van der Waals surface area contributed by atoms with E-state index >= 15 is 0 Å². The monoisotopic (exact) mass is 271 g/mol. The molecule has 2 rings (SSSR count). The number of nitrogens with zero attached hydrogens (tertiary/aromatic N) is 2. The van der Waals surface area contributed by atoms with Crippen molar-refractivity contribution >= 4 is 5.91 Å². The van der Waals surface area contributed by atoms with Crippen LogP contribution in [0.5, 0.6) is 0 Å². The first-order chi connectivity index (χ1) is 9.79. The average molecular weight is 271 g/mol. The molecule has 0 saturated carbocycles. The quantitative estimate of drug-likeness (QED) is 0.841. The Morgan fingerprint density at radius 3 is 2.75 bits per heavy atom. The topological polar surface area (TPSA) is 46.9 Å². The maximum atomic E-state index is 11.5. The Morgan fingerprint density at radius 2 is 2.10 bits per heavy atom. The van der Waals surface area contributed by atoms with Crippen LogP contribution < -0.4 is 5.32 Å². The third-order valence-electron chi connectivity index (χ3n) is 3.20. The van der Waals surface area contributed by atoms with E-state index in [9.17, 15) is 4.79 Å². The highest BCUT2D eigenvalue weighted by Crippen LogP contribution is 2.08. The number of amides is 1. The zero-order valence-electron chi connectivity index (χ0n) is 11.9. The molecule has 1 N–H and O–H groups in total. The van der Waals surface area contributed by atoms with Gasteiger partial charge in [-0.2, -0.15) is 5.10 Å². The Kier molecular flexibility index (Phi) is 5.35. The predicted molar refractivity (Wildman–Crippen MR) is 79.8 cm³/mol. The molecule has 0 atom stereocenters. The number of nitrogens with one attached hydrogen (secondary N) is 1. The molecule has 4 nitrogen and oxygen atoms in total. The molecule has 0 unspecified atom stereocenters. The number of benzene rings is 1. The smallest absolute Gasteiger partial charge is 0.220 e. The van der Waals surface area contributed by atoms with Crippen LogP contribution in [0, 0.1) is 0 Å². The van der Waals surface area contributed by atoms with Gasteiger partial charge in [0.05, 0.1) is 5.69 Å². The standard InChI is InChI=1S/C16H21N3O/c1-2-3-5-16(20)17-12-10-14-6-8-15(9-7-14)19-13-4-11-18-19/h4,6-9,11,13H,2-3,5,10,12H2,1H3,(H,17,20). The first kappa shape index (κ1) is 14.3. The molecule has 0 spiro atoms. The van der Waals surface area contributed by atoms with Gasteiger partial charge in [0.2, 0.25) is 5.91 Å². The van der Waals surface area contributed by atoms with Crippen molar-refractivity contribution in [2.75, 3.05) is 6.54 Å². The number of rotatable bonds is 7. The molecule has 2 aromatic rings. The molecule has 20 heavy (non-hydrogen) atoms. The van der Waals surface area contributed by atoms with E-state index in [2.05, 4.69) is 29.5 Å². The first-order valence-corrected chi connectivity index (χ1v) is 7.15. The molecule has 0 bridgehead atoms. The summed E-state index contributed by atoms with van der Waals surface area (Å²) in [6, 6.07) is 10.1. The van der Waals surface area contributed by atoms with Crippen molar-refractivity contribution < 1.29 is 4.79 Å². The summed E-state index contributed by atoms with van der Waals surface area (Å²) in [5, 5.41) is 7.14. The van der Waals surface area contributed by atoms with E-state index < -0.39 is 0 Å². The Bertz CT molecular complexity index is 517. The van der Waals surface area contributed by atoms with Crippen LogP contribution in [0.25, 0.3) is 5.69 Å². The minimum atomic E-state index is 0.153. The number of hydrogen-bond acceptors (Lipinski definition) is 2. The van der Waals surface area contributed by atoms with Crippen molar-refractivity contribution in [3.8, 4) is 5.69 Å². The minimum absolute atomic E-state index is 0.153. The third-order valence-corrected chi connectivity index (χ3v) is 3.20. The van der Waals surface area contributed by atoms with E-state index in [4.69, 9.17) is 0 Å². The van der Waals surface area contributed by atoms with Crippen LogP contribution in [0.3, 0.4) is 0 Å². The van der Waals surface area contributed by atoms with E-state index in [1.54, 1.807) is 6.20 Å². The molecular formula is C16H21N3O. The lowest BCUT2D eigenvalue weighted by Gasteiger charge is -2.06. The second-order valence-corrected chi connectivity index (χ2v) is 4.82. The Balaban J connectivity index is 1.78. The van der Waals surface area contributed by atoms with Crippen LogP contribution in [0.1, 0.15) is 31.7 Å². The van der Waals surface area contributed by atoms with Gasteiger partial charge in [-0.1, -0.05) is 25.5 Å². The fourth-order valence-electron chi connectivity index (χ4n) is 2.01. The Morgan fingerprint density at radius 1 is 1.30 bits per heavy atom. The SMILES string of the molecule is CCCCC(=O)NCCc1ccc(-n2cccn2)cc1. The van der Waals surface area contributed by atoms with E-state index in [-0.39, 0.29) is 5.91 Å². The van der Waals surface area contributed by atoms with Gasteiger partial charge in [-0.05, 0) is 36.6 Å². The number of carbonyl (C=O) groups excluding carboxylic acids is 1. The van der Waals surface area contributed by atoms with Crippen molar-refractivity contribution in [1.82, 2.24) is 15.1 Å². The molecular weight excluding hydrogens is 250 g/mol. The summed E-state index contributed by atoms with van der Waals surface area (Å²) in [4.78, 5) is 11.5. The summed E-state index contributed by atoms with van der Waals surface area (Å²) in [7, 11) is 0. The summed E-state index contributed by atoms with van der Waals surface area (Å²) in [5.74, 6) is 0.153. The van der Waals surface area contributed by atoms with Crippen LogP contribution in [0.4, 0.5) is 0 Å². The molecule has 1 aromatic heterocycles. The van der Waals surface area contributed by atoms with E-state index in [0.717, 1.165) is 24.9 Å². The van der Waals surface area contributed by atoms with Crippen molar-refractivity contribution in [2.24, 2.45) is 0 Å². The molecule has 0 aliphatic heterocycles. The molecule has 0 radical (unpaired) electrons. The van der Waals surface area contributed by atoms with Crippen LogP contribution >= 0.6 is 0 Å². The molecule has 0 aliphatic carbocycles. The second kappa shape index (κ2) is 7.48. The largest absolute Gasteiger partial charge is 0.356 e. The van der Waals surface area contributed by atoms with Gasteiger partial charge in [-0.3, -0.25) is 4.79 Å². The maximum Gasteiger partial charge on any atom is 0.220 e. The number of carbonyl (C=O) groups is 1. The van der Waals surface area contributed by atoms with Gasteiger partial charge in [0.1, 0.15) is 0 Å². The van der Waals surface area contributed by atoms with Crippen LogP contribution in [-0.4, -0.2) is 22.2 Å². The molecule has 106 valence electrons. The predicted octanol–water partition coefficient (Wildman–Crippen LogP) is 2.72. The molecule has 0 fully saturated rings. The molecule has 0 saturated heterocycles. The third kappa shape index (κ3) is 4.23. The molecule has 0 aliphatic rings. The van der Waals surface area contributed by atoms with Gasteiger partial charge in [-0.25, -0.2) is 4.68 Å². The Hall–Kier alpha value is -2.10. The fraction of sp³-hybridized carbons (Fsp3) is 0.375. The zero-order valence-corrected chi connectivity index (χ0v) is 11.9. The summed E-state index contributed by atoms with van der Waals surface area (Å²) in [6.45, 7) is 2.79. The Labute approximate surface area is 119 Å². The van der Waals surface area contributed by atoms with Gasteiger partial charge in [0.25, 0.3) is 0 Å². The summed E-state index contributed by atoms with van der Waals surface area (Å²) < 4.78 is 1.83. The number of hydrogen-bond donors (Lipinski definition) is 1. The average Bonchev–Trinajstić information content (AvgIpc) is 3.00. The van der Waals surface area contributed by atoms with Gasteiger partial charge in [-0.15, -0.1) is 0 Å². The highest BCUT2D eigenvalue weighted by atomic mass is 16.1. The van der Waals surface area contributed by atoms with Crippen molar-refractivity contribution in [3.63, 3.8) is 0 Å². The van der Waals surface area contributed by atoms with E-state index in [0.29, 0.717) is 13.0 Å². The maximum absolute atomic E-state index is 11.5. The summed E-state index contributed by atoms with van der Waals surface area (Å²) >= 11 is 0. The minimum Gasteiger partial charge on any atom is -0.356 e. The van der Waals surface area contributed by atoms with Crippen LogP contribution in [0.15, 0.2) is 42.7 Å². The summed E-state index contributed by atoms with van der Waals surface area (Å²) in [6.07, 6.45) is 7.20. The number of aromatic nitrogens is 2. The normalized spacial score (nSPS) is 10.4. The molecule has 1 aromatic carbocycles. The lowest BCUT2D eigenvalue weighted by atomic mass is 10.1. The second-order valence-electron chi connectivity index (χ2n) is 4.82. The van der Waals surface area contributed by atoms with Gasteiger partial charge < -0.3 is 5.32 Å². The van der Waals surface area contributed by atoms with Crippen molar-refractivity contribution in [1.29, 1.82) is 0 Å². The number of unbranched alkanes of at least 4 members (excludes halogenated alkanes) is 1. The molecule has 4 heteroatoms. The summed E-state index contributed by atoms with van der Waals surface area (Å²) in [5.41, 5.74) is 2.27. The molecule has 1 amide bonds. The van der Waals surface area contributed by atoms with Crippen LogP contribution in [0.2, 0.25) is 0 Å². The highest BCUT2D eigenvalue weighted by Gasteiger charge is 2.00. The van der Waals surface area contributed by atoms with E-state index in [1.807, 2.05) is 29.1 Å². The zero-order chi connectivity index (χ0) is 14.2. The van der Waals surface area contributed by atoms with Crippen molar-refractivity contribution in [2.45, 2.75) is 32.6 Å². The van der Waals surface area contributed by atoms with E-state index in [1.165, 1.54) is 5.56 Å². The first-order valence-electron chi connectivity index (χ1n) is 7.15. The highest BCUT2D eigenvalue weighted by molar-refractivity contribution is 5.75. The van der Waals surface area contributed by atoms with Crippen molar-refractivity contribution in [3.05, 3.63) is 48.3 Å². The van der Waals surface area contributed by atoms with Gasteiger partial charge >= 0.3 is 0 Å². The van der Waals surface area contributed by atoms with Gasteiger partial charge in [0.15, 0.2) is 0 Å². The fourth-order valence-corrected chi connectivity index (χ4v) is 2.01. The lowest BCUT2D eigenvalue weighted by molar-refractivity contribution is -0.121.